The molecule has 32 heavy (non-hydrogen) atoms. The fourth-order valence-corrected chi connectivity index (χ4v) is 3.17. The number of halogens is 1. The molecule has 0 unspecified atom stereocenters. The van der Waals surface area contributed by atoms with E-state index >= 15 is 0 Å². The molecule has 3 aromatic rings. The van der Waals surface area contributed by atoms with Crippen molar-refractivity contribution in [1.29, 1.82) is 0 Å². The summed E-state index contributed by atoms with van der Waals surface area (Å²) in [4.78, 5) is 23.3. The first-order chi connectivity index (χ1) is 15.4. The summed E-state index contributed by atoms with van der Waals surface area (Å²) < 4.78 is 11.0. The van der Waals surface area contributed by atoms with Gasteiger partial charge in [0.25, 0.3) is 5.91 Å². The predicted octanol–water partition coefficient (Wildman–Crippen LogP) is 4.91. The minimum Gasteiger partial charge on any atom is -0.493 e. The zero-order chi connectivity index (χ0) is 23.1. The number of nitro benzene ring substituents is 1. The normalized spacial score (nSPS) is 10.7. The molecule has 0 saturated heterocycles. The number of benzene rings is 3. The van der Waals surface area contributed by atoms with E-state index in [2.05, 4.69) is 10.5 Å². The average molecular weight is 454 g/mol. The molecule has 0 spiro atoms. The van der Waals surface area contributed by atoms with Crippen LogP contribution in [0.1, 0.15) is 27.0 Å². The summed E-state index contributed by atoms with van der Waals surface area (Å²) in [6.07, 6.45) is 1.27. The summed E-state index contributed by atoms with van der Waals surface area (Å²) in [6.45, 7) is 2.09. The maximum absolute atomic E-state index is 12.2. The number of nitro groups is 1. The van der Waals surface area contributed by atoms with Gasteiger partial charge < -0.3 is 9.47 Å². The predicted molar refractivity (Wildman–Crippen MR) is 122 cm³/mol. The van der Waals surface area contributed by atoms with Crippen molar-refractivity contribution in [3.05, 3.63) is 98.1 Å². The van der Waals surface area contributed by atoms with Gasteiger partial charge in [0.1, 0.15) is 6.61 Å². The third kappa shape index (κ3) is 5.61. The number of rotatable bonds is 8. The standard InChI is InChI=1S/C23H20ClN3O5/c1-15-6-5-7-16(10-15)14-32-22-20(27(29)30)11-17(12-21(22)31-2)13-25-26-23(28)18-8-3-4-9-19(18)24/h3-13H,14H2,1-2H3,(H,26,28)/b25-13-. The van der Waals surface area contributed by atoms with Crippen molar-refractivity contribution in [2.45, 2.75) is 13.5 Å². The molecular weight excluding hydrogens is 434 g/mol. The number of nitrogens with zero attached hydrogens (tertiary/aromatic N) is 2. The number of amides is 1. The molecule has 0 saturated carbocycles. The molecule has 3 aromatic carbocycles. The van der Waals surface area contributed by atoms with E-state index < -0.39 is 10.8 Å². The largest absolute Gasteiger partial charge is 0.493 e. The van der Waals surface area contributed by atoms with Crippen LogP contribution in [0.25, 0.3) is 0 Å². The SMILES string of the molecule is COc1cc(/C=N\NC(=O)c2ccccc2Cl)cc([N+](=O)[O-])c1OCc1cccc(C)c1. The summed E-state index contributed by atoms with van der Waals surface area (Å²) in [6, 6.07) is 17.0. The molecule has 0 aliphatic heterocycles. The van der Waals surface area contributed by atoms with Crippen LogP contribution < -0.4 is 14.9 Å². The molecule has 0 radical (unpaired) electrons. The maximum Gasteiger partial charge on any atom is 0.315 e. The summed E-state index contributed by atoms with van der Waals surface area (Å²) in [5.74, 6) is -0.326. The third-order valence-electron chi connectivity index (χ3n) is 4.44. The Kier molecular flexibility index (Phi) is 7.41. The van der Waals surface area contributed by atoms with Crippen molar-refractivity contribution < 1.29 is 19.2 Å². The van der Waals surface area contributed by atoms with E-state index in [1.54, 1.807) is 24.3 Å². The number of carbonyl (C=O) groups is 1. The summed E-state index contributed by atoms with van der Waals surface area (Å²) in [7, 11) is 1.39. The molecule has 1 amide bonds. The smallest absolute Gasteiger partial charge is 0.315 e. The Hall–Kier alpha value is -3.91. The molecule has 0 aliphatic carbocycles. The van der Waals surface area contributed by atoms with Crippen LogP contribution >= 0.6 is 11.6 Å². The molecular formula is C23H20ClN3O5. The Bertz CT molecular complexity index is 1180. The van der Waals surface area contributed by atoms with Gasteiger partial charge in [-0.2, -0.15) is 5.10 Å². The van der Waals surface area contributed by atoms with Gasteiger partial charge >= 0.3 is 5.69 Å². The average Bonchev–Trinajstić information content (AvgIpc) is 2.77. The zero-order valence-corrected chi connectivity index (χ0v) is 18.1. The topological polar surface area (TPSA) is 103 Å². The van der Waals surface area contributed by atoms with E-state index in [0.29, 0.717) is 5.56 Å². The number of carbonyl (C=O) groups excluding carboxylic acids is 1. The van der Waals surface area contributed by atoms with Crippen LogP contribution in [0.15, 0.2) is 65.8 Å². The number of hydrogen-bond donors (Lipinski definition) is 1. The van der Waals surface area contributed by atoms with Gasteiger partial charge in [0.05, 0.1) is 28.8 Å². The Morgan fingerprint density at radius 3 is 2.66 bits per heavy atom. The second-order valence-electron chi connectivity index (χ2n) is 6.79. The first-order valence-electron chi connectivity index (χ1n) is 9.51. The number of hydrogen-bond acceptors (Lipinski definition) is 6. The van der Waals surface area contributed by atoms with Gasteiger partial charge in [-0.25, -0.2) is 5.43 Å². The molecule has 0 atom stereocenters. The van der Waals surface area contributed by atoms with Gasteiger partial charge in [-0.15, -0.1) is 0 Å². The van der Waals surface area contributed by atoms with Crippen molar-refractivity contribution in [2.75, 3.05) is 7.11 Å². The van der Waals surface area contributed by atoms with Gasteiger partial charge in [0, 0.05) is 11.6 Å². The highest BCUT2D eigenvalue weighted by Crippen LogP contribution is 2.38. The molecule has 0 aliphatic rings. The molecule has 0 heterocycles. The van der Waals surface area contributed by atoms with Gasteiger partial charge in [-0.05, 0) is 30.7 Å². The number of hydrazone groups is 1. The summed E-state index contributed by atoms with van der Waals surface area (Å²) in [5, 5.41) is 15.8. The van der Waals surface area contributed by atoms with Crippen LogP contribution in [0, 0.1) is 17.0 Å². The van der Waals surface area contributed by atoms with Crippen molar-refractivity contribution >= 4 is 29.4 Å². The van der Waals surface area contributed by atoms with Crippen molar-refractivity contribution in [3.63, 3.8) is 0 Å². The minimum absolute atomic E-state index is 0.0104. The van der Waals surface area contributed by atoms with Crippen molar-refractivity contribution in [1.82, 2.24) is 5.43 Å². The van der Waals surface area contributed by atoms with E-state index in [1.165, 1.54) is 25.5 Å². The monoisotopic (exact) mass is 453 g/mol. The van der Waals surface area contributed by atoms with E-state index in [4.69, 9.17) is 21.1 Å². The number of ether oxygens (including phenoxy) is 2. The lowest BCUT2D eigenvalue weighted by atomic mass is 10.1. The molecule has 3 rings (SSSR count). The van der Waals surface area contributed by atoms with Crippen LogP contribution in [-0.4, -0.2) is 24.2 Å². The van der Waals surface area contributed by atoms with Crippen molar-refractivity contribution in [2.24, 2.45) is 5.10 Å². The summed E-state index contributed by atoms with van der Waals surface area (Å²) >= 11 is 5.99. The second-order valence-corrected chi connectivity index (χ2v) is 7.19. The van der Waals surface area contributed by atoms with Gasteiger partial charge in [0.15, 0.2) is 5.75 Å². The lowest BCUT2D eigenvalue weighted by molar-refractivity contribution is -0.386. The summed E-state index contributed by atoms with van der Waals surface area (Å²) in [5.41, 5.74) is 4.59. The fraction of sp³-hybridized carbons (Fsp3) is 0.130. The first-order valence-corrected chi connectivity index (χ1v) is 9.89. The highest BCUT2D eigenvalue weighted by Gasteiger charge is 2.22. The quantitative estimate of drug-likeness (QED) is 0.296. The molecule has 8 nitrogen and oxygen atoms in total. The lowest BCUT2D eigenvalue weighted by Crippen LogP contribution is -2.18. The highest BCUT2D eigenvalue weighted by molar-refractivity contribution is 6.33. The van der Waals surface area contributed by atoms with Crippen molar-refractivity contribution in [3.8, 4) is 11.5 Å². The van der Waals surface area contributed by atoms with Crippen LogP contribution in [0.2, 0.25) is 5.02 Å². The molecule has 0 fully saturated rings. The molecule has 0 bridgehead atoms. The Morgan fingerprint density at radius 1 is 1.19 bits per heavy atom. The molecule has 9 heteroatoms. The molecule has 0 aromatic heterocycles. The Labute approximate surface area is 189 Å². The minimum atomic E-state index is -0.562. The van der Waals surface area contributed by atoms with E-state index in [-0.39, 0.29) is 34.4 Å². The number of nitrogens with one attached hydrogen (secondary N) is 1. The van der Waals surface area contributed by atoms with Gasteiger partial charge in [0.2, 0.25) is 5.75 Å². The van der Waals surface area contributed by atoms with E-state index in [0.717, 1.165) is 11.1 Å². The molecule has 164 valence electrons. The number of aryl methyl sites for hydroxylation is 1. The second kappa shape index (κ2) is 10.4. The first kappa shape index (κ1) is 22.8. The Morgan fingerprint density at radius 2 is 1.97 bits per heavy atom. The van der Waals surface area contributed by atoms with Gasteiger partial charge in [-0.3, -0.25) is 14.9 Å². The van der Waals surface area contributed by atoms with E-state index in [9.17, 15) is 14.9 Å². The lowest BCUT2D eigenvalue weighted by Gasteiger charge is -2.12. The number of methoxy groups -OCH3 is 1. The van der Waals surface area contributed by atoms with Crippen LogP contribution in [0.5, 0.6) is 11.5 Å². The third-order valence-corrected chi connectivity index (χ3v) is 4.77. The maximum atomic E-state index is 12.2. The van der Waals surface area contributed by atoms with Crippen LogP contribution in [-0.2, 0) is 6.61 Å². The molecule has 1 N–H and O–H groups in total. The fourth-order valence-electron chi connectivity index (χ4n) is 2.94. The zero-order valence-electron chi connectivity index (χ0n) is 17.4. The van der Waals surface area contributed by atoms with Gasteiger partial charge in [-0.1, -0.05) is 53.6 Å². The van der Waals surface area contributed by atoms with E-state index in [1.807, 2.05) is 31.2 Å². The highest BCUT2D eigenvalue weighted by atomic mass is 35.5. The van der Waals surface area contributed by atoms with Crippen LogP contribution in [0.3, 0.4) is 0 Å². The van der Waals surface area contributed by atoms with Crippen LogP contribution in [0.4, 0.5) is 5.69 Å². The Balaban J connectivity index is 1.81.